The van der Waals surface area contributed by atoms with E-state index in [-0.39, 0.29) is 11.6 Å². The van der Waals surface area contributed by atoms with Crippen LogP contribution in [0, 0.1) is 5.41 Å². The molecule has 148 valence electrons. The Balaban J connectivity index is 1.79. The molecule has 0 unspecified atom stereocenters. The van der Waals surface area contributed by atoms with Crippen LogP contribution in [-0.2, 0) is 20.8 Å². The number of likely N-dealkylation sites (tertiary alicyclic amines) is 1. The molecule has 27 heavy (non-hydrogen) atoms. The number of carbonyl (C=O) groups excluding carboxylic acids is 3. The molecule has 0 bridgehead atoms. The first-order chi connectivity index (χ1) is 12.9. The van der Waals surface area contributed by atoms with Crippen LogP contribution in [0.2, 0.25) is 0 Å². The first kappa shape index (κ1) is 21.3. The second-order valence-corrected chi connectivity index (χ2v) is 8.24. The molecule has 1 fully saturated rings. The summed E-state index contributed by atoms with van der Waals surface area (Å²) in [6, 6.07) is 9.97. The molecular weight excluding hydrogens is 338 g/mol. The zero-order valence-corrected chi connectivity index (χ0v) is 17.0. The Morgan fingerprint density at radius 1 is 1.07 bits per heavy atom. The van der Waals surface area contributed by atoms with Crippen molar-refractivity contribution < 1.29 is 14.4 Å². The fraction of sp³-hybridized carbons (Fsp3) is 0.609. The van der Waals surface area contributed by atoms with E-state index in [9.17, 15) is 14.4 Å². The van der Waals surface area contributed by atoms with E-state index in [1.807, 2.05) is 25.1 Å². The second kappa shape index (κ2) is 9.82. The van der Waals surface area contributed by atoms with Crippen molar-refractivity contribution >= 4 is 17.5 Å². The van der Waals surface area contributed by atoms with Gasteiger partial charge in [-0.05, 0) is 44.1 Å². The number of amides is 1. The molecular formula is C23H33NO3. The van der Waals surface area contributed by atoms with E-state index < -0.39 is 17.4 Å². The average molecular weight is 372 g/mol. The summed E-state index contributed by atoms with van der Waals surface area (Å²) in [7, 11) is 0. The van der Waals surface area contributed by atoms with E-state index in [4.69, 9.17) is 0 Å². The lowest BCUT2D eigenvalue weighted by Gasteiger charge is -2.27. The topological polar surface area (TPSA) is 54.5 Å². The molecule has 4 heteroatoms. The Morgan fingerprint density at radius 3 is 2.44 bits per heavy atom. The zero-order chi connectivity index (χ0) is 19.9. The van der Waals surface area contributed by atoms with E-state index in [2.05, 4.69) is 12.1 Å². The normalized spacial score (nSPS) is 17.1. The number of hydrogen-bond donors (Lipinski definition) is 0. The van der Waals surface area contributed by atoms with Crippen LogP contribution in [0.3, 0.4) is 0 Å². The molecule has 1 aliphatic rings. The summed E-state index contributed by atoms with van der Waals surface area (Å²) in [6.45, 7) is 6.03. The summed E-state index contributed by atoms with van der Waals surface area (Å²) < 4.78 is 0. The first-order valence-electron chi connectivity index (χ1n) is 10.3. The van der Waals surface area contributed by atoms with Crippen molar-refractivity contribution in [2.75, 3.05) is 6.54 Å². The van der Waals surface area contributed by atoms with Gasteiger partial charge in [0.25, 0.3) is 5.91 Å². The summed E-state index contributed by atoms with van der Waals surface area (Å²) >= 11 is 0. The van der Waals surface area contributed by atoms with Gasteiger partial charge in [0.05, 0.1) is 6.04 Å². The summed E-state index contributed by atoms with van der Waals surface area (Å²) in [4.78, 5) is 39.3. The smallest absolute Gasteiger partial charge is 0.291 e. The first-order valence-corrected chi connectivity index (χ1v) is 10.3. The van der Waals surface area contributed by atoms with Gasteiger partial charge >= 0.3 is 0 Å². The van der Waals surface area contributed by atoms with Gasteiger partial charge in [0.15, 0.2) is 5.78 Å². The van der Waals surface area contributed by atoms with Gasteiger partial charge in [0.2, 0.25) is 5.78 Å². The monoisotopic (exact) mass is 371 g/mol. The predicted octanol–water partition coefficient (Wildman–Crippen LogP) is 4.35. The highest BCUT2D eigenvalue weighted by atomic mass is 16.2. The molecule has 0 N–H and O–H groups in total. The van der Waals surface area contributed by atoms with E-state index in [1.165, 1.54) is 10.5 Å². The van der Waals surface area contributed by atoms with Crippen LogP contribution in [0.1, 0.15) is 71.3 Å². The number of hydrogen-bond acceptors (Lipinski definition) is 3. The molecule has 0 spiro atoms. The molecule has 0 radical (unpaired) electrons. The molecule has 1 amide bonds. The molecule has 1 heterocycles. The highest BCUT2D eigenvalue weighted by Crippen LogP contribution is 2.26. The Hall–Kier alpha value is -1.97. The van der Waals surface area contributed by atoms with Crippen LogP contribution in [0.5, 0.6) is 0 Å². The number of nitrogens with zero attached hydrogens (tertiary/aromatic N) is 1. The van der Waals surface area contributed by atoms with E-state index in [1.54, 1.807) is 13.8 Å². The number of rotatable bonds is 10. The average Bonchev–Trinajstić information content (AvgIpc) is 3.17. The van der Waals surface area contributed by atoms with Crippen molar-refractivity contribution in [3.05, 3.63) is 35.9 Å². The molecule has 1 saturated heterocycles. The number of unbranched alkanes of at least 4 members (excludes halogenated alkanes) is 2. The van der Waals surface area contributed by atoms with Crippen molar-refractivity contribution in [2.45, 2.75) is 78.2 Å². The van der Waals surface area contributed by atoms with Gasteiger partial charge in [0, 0.05) is 18.4 Å². The van der Waals surface area contributed by atoms with E-state index in [0.717, 1.165) is 32.1 Å². The highest BCUT2D eigenvalue weighted by molar-refractivity contribution is 6.38. The van der Waals surface area contributed by atoms with Crippen molar-refractivity contribution in [1.82, 2.24) is 4.90 Å². The van der Waals surface area contributed by atoms with Crippen LogP contribution in [0.25, 0.3) is 0 Å². The molecule has 2 rings (SSSR count). The standard InChI is InChI=1S/C23H33NO3/c1-4-23(2,3)21(26)22(27)24-17-11-15-19(24)20(25)16-10-6-9-14-18-12-7-5-8-13-18/h5,7-8,12-13,19H,4,6,9-11,14-17H2,1-3H3/t19-/m0/s1. The minimum absolute atomic E-state index is 0.114. The highest BCUT2D eigenvalue weighted by Gasteiger charge is 2.40. The minimum atomic E-state index is -0.662. The van der Waals surface area contributed by atoms with Gasteiger partial charge in [0.1, 0.15) is 0 Å². The Morgan fingerprint density at radius 2 is 1.78 bits per heavy atom. The Bertz CT molecular complexity index is 651. The maximum absolute atomic E-state index is 12.6. The maximum Gasteiger partial charge on any atom is 0.291 e. The molecule has 0 aliphatic carbocycles. The fourth-order valence-corrected chi connectivity index (χ4v) is 3.54. The lowest BCUT2D eigenvalue weighted by molar-refractivity contribution is -0.151. The third kappa shape index (κ3) is 5.75. The van der Waals surface area contributed by atoms with Crippen molar-refractivity contribution in [3.8, 4) is 0 Å². The number of benzene rings is 1. The fourth-order valence-electron chi connectivity index (χ4n) is 3.54. The maximum atomic E-state index is 12.6. The third-order valence-electron chi connectivity index (χ3n) is 5.81. The number of ketones is 2. The summed E-state index contributed by atoms with van der Waals surface area (Å²) in [5.41, 5.74) is 0.665. The molecule has 1 aromatic rings. The van der Waals surface area contributed by atoms with E-state index in [0.29, 0.717) is 25.8 Å². The largest absolute Gasteiger partial charge is 0.326 e. The van der Waals surface area contributed by atoms with Crippen molar-refractivity contribution in [2.24, 2.45) is 5.41 Å². The van der Waals surface area contributed by atoms with Gasteiger partial charge in [-0.3, -0.25) is 14.4 Å². The predicted molar refractivity (Wildman–Crippen MR) is 107 cm³/mol. The quantitative estimate of drug-likeness (QED) is 0.454. The molecule has 1 aromatic carbocycles. The lowest BCUT2D eigenvalue weighted by atomic mass is 9.84. The number of Topliss-reactive ketones (excluding diaryl/α,β-unsaturated/α-hetero) is 2. The van der Waals surface area contributed by atoms with Gasteiger partial charge in [-0.15, -0.1) is 0 Å². The van der Waals surface area contributed by atoms with Gasteiger partial charge in [-0.25, -0.2) is 0 Å². The van der Waals surface area contributed by atoms with Crippen molar-refractivity contribution in [1.29, 1.82) is 0 Å². The third-order valence-corrected chi connectivity index (χ3v) is 5.81. The van der Waals surface area contributed by atoms with Crippen LogP contribution < -0.4 is 0 Å². The van der Waals surface area contributed by atoms with Gasteiger partial charge < -0.3 is 4.90 Å². The molecule has 0 saturated carbocycles. The SMILES string of the molecule is CCC(C)(C)C(=O)C(=O)N1CCC[C@H]1C(=O)CCCCCc1ccccc1. The Kier molecular flexibility index (Phi) is 7.76. The van der Waals surface area contributed by atoms with Crippen molar-refractivity contribution in [3.63, 3.8) is 0 Å². The van der Waals surface area contributed by atoms with Crippen LogP contribution in [0.15, 0.2) is 30.3 Å². The van der Waals surface area contributed by atoms with Crippen LogP contribution in [0.4, 0.5) is 0 Å². The van der Waals surface area contributed by atoms with Crippen LogP contribution in [-0.4, -0.2) is 35.0 Å². The number of aryl methyl sites for hydroxylation is 1. The lowest BCUT2D eigenvalue weighted by Crippen LogP contribution is -2.47. The Labute approximate surface area is 163 Å². The van der Waals surface area contributed by atoms with Gasteiger partial charge in [-0.1, -0.05) is 57.5 Å². The molecule has 4 nitrogen and oxygen atoms in total. The van der Waals surface area contributed by atoms with Crippen LogP contribution >= 0.6 is 0 Å². The molecule has 1 atom stereocenters. The summed E-state index contributed by atoms with van der Waals surface area (Å²) in [5, 5.41) is 0. The minimum Gasteiger partial charge on any atom is -0.326 e. The second-order valence-electron chi connectivity index (χ2n) is 8.24. The summed E-state index contributed by atoms with van der Waals surface area (Å²) in [5.74, 6) is -0.725. The molecule has 0 aromatic heterocycles. The zero-order valence-electron chi connectivity index (χ0n) is 17.0. The molecule has 1 aliphatic heterocycles. The number of carbonyl (C=O) groups is 3. The summed E-state index contributed by atoms with van der Waals surface area (Å²) in [6.07, 6.45) is 6.55. The van der Waals surface area contributed by atoms with E-state index >= 15 is 0 Å². The van der Waals surface area contributed by atoms with Gasteiger partial charge in [-0.2, -0.15) is 0 Å².